The number of carbonyl (C=O) groups is 2. The van der Waals surface area contributed by atoms with E-state index in [1.807, 2.05) is 0 Å². The van der Waals surface area contributed by atoms with Crippen LogP contribution in [0, 0.1) is 12.7 Å². The van der Waals surface area contributed by atoms with Crippen molar-refractivity contribution in [1.29, 1.82) is 0 Å². The highest BCUT2D eigenvalue weighted by Gasteiger charge is 2.48. The van der Waals surface area contributed by atoms with Gasteiger partial charge in [0.25, 0.3) is 11.7 Å². The van der Waals surface area contributed by atoms with Gasteiger partial charge in [0.1, 0.15) is 29.1 Å². The Balaban J connectivity index is 1.95. The smallest absolute Gasteiger partial charge is 0.300 e. The fraction of sp³-hybridized carbons (Fsp3) is 0.0909. The number of hydrogen-bond acceptors (Lipinski definition) is 4. The van der Waals surface area contributed by atoms with E-state index < -0.39 is 23.5 Å². The van der Waals surface area contributed by atoms with Crippen LogP contribution in [0.5, 0.6) is 0 Å². The molecule has 1 aliphatic heterocycles. The van der Waals surface area contributed by atoms with Crippen LogP contribution in [0.25, 0.3) is 5.76 Å². The largest absolute Gasteiger partial charge is 0.507 e. The van der Waals surface area contributed by atoms with Gasteiger partial charge in [-0.3, -0.25) is 14.5 Å². The number of amides is 1. The van der Waals surface area contributed by atoms with Crippen molar-refractivity contribution in [3.63, 3.8) is 0 Å². The third kappa shape index (κ3) is 3.21. The summed E-state index contributed by atoms with van der Waals surface area (Å²) in [5.74, 6) is -1.85. The van der Waals surface area contributed by atoms with Crippen molar-refractivity contribution in [2.45, 2.75) is 13.0 Å². The van der Waals surface area contributed by atoms with Gasteiger partial charge in [-0.1, -0.05) is 41.9 Å². The van der Waals surface area contributed by atoms with Crippen LogP contribution in [0.1, 0.15) is 23.1 Å². The quantitative estimate of drug-likeness (QED) is 0.374. The molecule has 7 heteroatoms. The number of anilines is 1. The fourth-order valence-corrected chi connectivity index (χ4v) is 3.53. The summed E-state index contributed by atoms with van der Waals surface area (Å²) >= 11 is 5.89. The van der Waals surface area contributed by atoms with Crippen molar-refractivity contribution in [3.8, 4) is 0 Å². The van der Waals surface area contributed by atoms with Gasteiger partial charge in [-0.15, -0.1) is 0 Å². The second kappa shape index (κ2) is 7.22. The van der Waals surface area contributed by atoms with Gasteiger partial charge in [0.05, 0.1) is 10.6 Å². The molecule has 0 aliphatic carbocycles. The number of furan rings is 1. The van der Waals surface area contributed by atoms with Crippen molar-refractivity contribution >= 4 is 34.7 Å². The number of nitrogens with zero attached hydrogens (tertiary/aromatic N) is 1. The minimum Gasteiger partial charge on any atom is -0.507 e. The first-order chi connectivity index (χ1) is 13.9. The number of aliphatic hydroxyl groups excluding tert-OH is 1. The third-order valence-electron chi connectivity index (χ3n) is 4.70. The van der Waals surface area contributed by atoms with Gasteiger partial charge in [0, 0.05) is 11.3 Å². The van der Waals surface area contributed by atoms with Crippen LogP contribution >= 0.6 is 11.6 Å². The predicted molar refractivity (Wildman–Crippen MR) is 106 cm³/mol. The number of aliphatic hydroxyl groups is 1. The molecule has 1 atom stereocenters. The van der Waals surface area contributed by atoms with E-state index in [4.69, 9.17) is 16.0 Å². The minimum atomic E-state index is -1.02. The van der Waals surface area contributed by atoms with Crippen LogP contribution in [-0.2, 0) is 9.59 Å². The molecule has 29 heavy (non-hydrogen) atoms. The zero-order valence-electron chi connectivity index (χ0n) is 15.2. The molecule has 0 radical (unpaired) electrons. The third-order valence-corrected chi connectivity index (χ3v) is 4.99. The van der Waals surface area contributed by atoms with Crippen LogP contribution in [-0.4, -0.2) is 16.8 Å². The maximum Gasteiger partial charge on any atom is 0.300 e. The summed E-state index contributed by atoms with van der Waals surface area (Å²) in [5.41, 5.74) is 0.483. The Hall–Kier alpha value is -3.38. The van der Waals surface area contributed by atoms with E-state index in [1.54, 1.807) is 49.4 Å². The first-order valence-corrected chi connectivity index (χ1v) is 9.14. The summed E-state index contributed by atoms with van der Waals surface area (Å²) in [6.45, 7) is 1.72. The van der Waals surface area contributed by atoms with E-state index in [9.17, 15) is 19.1 Å². The number of aryl methyl sites for hydroxylation is 1. The summed E-state index contributed by atoms with van der Waals surface area (Å²) < 4.78 is 19.3. The maximum absolute atomic E-state index is 13.6. The molecule has 3 aromatic rings. The van der Waals surface area contributed by atoms with Crippen molar-refractivity contribution in [2.75, 3.05) is 4.90 Å². The average molecular weight is 412 g/mol. The van der Waals surface area contributed by atoms with Gasteiger partial charge in [-0.05, 0) is 37.3 Å². The van der Waals surface area contributed by atoms with E-state index >= 15 is 0 Å². The summed E-state index contributed by atoms with van der Waals surface area (Å²) in [7, 11) is 0. The van der Waals surface area contributed by atoms with Gasteiger partial charge < -0.3 is 9.52 Å². The predicted octanol–water partition coefficient (Wildman–Crippen LogP) is 5.01. The fourth-order valence-electron chi connectivity index (χ4n) is 3.35. The van der Waals surface area contributed by atoms with Crippen molar-refractivity contribution < 1.29 is 23.5 Å². The molecule has 1 fully saturated rings. The van der Waals surface area contributed by atoms with Crippen LogP contribution in [0.3, 0.4) is 0 Å². The Morgan fingerprint density at radius 2 is 1.83 bits per heavy atom. The van der Waals surface area contributed by atoms with E-state index in [-0.39, 0.29) is 22.0 Å². The molecule has 146 valence electrons. The molecule has 2 heterocycles. The topological polar surface area (TPSA) is 70.8 Å². The molecule has 1 aliphatic rings. The average Bonchev–Trinajstić information content (AvgIpc) is 3.25. The number of hydrogen-bond donors (Lipinski definition) is 1. The van der Waals surface area contributed by atoms with Crippen molar-refractivity contribution in [3.05, 3.63) is 94.2 Å². The monoisotopic (exact) mass is 411 g/mol. The molecular formula is C22H15ClFNO4. The molecule has 5 nitrogen and oxygen atoms in total. The summed E-state index contributed by atoms with van der Waals surface area (Å²) in [4.78, 5) is 26.9. The van der Waals surface area contributed by atoms with Crippen molar-refractivity contribution in [1.82, 2.24) is 0 Å². The second-order valence-electron chi connectivity index (χ2n) is 6.58. The Bertz CT molecular complexity index is 1150. The maximum atomic E-state index is 13.6. The van der Waals surface area contributed by atoms with E-state index in [0.29, 0.717) is 17.1 Å². The highest BCUT2D eigenvalue weighted by Crippen LogP contribution is 2.43. The lowest BCUT2D eigenvalue weighted by Gasteiger charge is -2.23. The second-order valence-corrected chi connectivity index (χ2v) is 6.99. The van der Waals surface area contributed by atoms with E-state index in [2.05, 4.69) is 0 Å². The lowest BCUT2D eigenvalue weighted by Crippen LogP contribution is -2.29. The van der Waals surface area contributed by atoms with Gasteiger partial charge in [-0.2, -0.15) is 0 Å². The molecule has 1 saturated heterocycles. The van der Waals surface area contributed by atoms with E-state index in [0.717, 1.165) is 11.0 Å². The number of rotatable bonds is 3. The molecule has 0 bridgehead atoms. The SMILES string of the molecule is Cc1ccc(C2/C(=C(/O)c3ccccc3)C(=O)C(=O)N2c2ccc(F)c(Cl)c2)o1. The first-order valence-electron chi connectivity index (χ1n) is 8.76. The highest BCUT2D eigenvalue weighted by atomic mass is 35.5. The molecule has 0 spiro atoms. The minimum absolute atomic E-state index is 0.115. The van der Waals surface area contributed by atoms with Gasteiger partial charge >= 0.3 is 0 Å². The molecule has 1 N–H and O–H groups in total. The lowest BCUT2D eigenvalue weighted by molar-refractivity contribution is -0.132. The van der Waals surface area contributed by atoms with Crippen LogP contribution < -0.4 is 4.90 Å². The lowest BCUT2D eigenvalue weighted by atomic mass is 9.99. The summed E-state index contributed by atoms with van der Waals surface area (Å²) in [5, 5.41) is 10.7. The number of halogens is 2. The summed E-state index contributed by atoms with van der Waals surface area (Å²) in [6.07, 6.45) is 0. The van der Waals surface area contributed by atoms with Crippen molar-refractivity contribution in [2.24, 2.45) is 0 Å². The normalized spacial score (nSPS) is 18.4. The number of Topliss-reactive ketones (excluding diaryl/α,β-unsaturated/α-hetero) is 1. The Morgan fingerprint density at radius 3 is 2.45 bits per heavy atom. The Morgan fingerprint density at radius 1 is 1.10 bits per heavy atom. The zero-order chi connectivity index (χ0) is 20.7. The first kappa shape index (κ1) is 19.0. The molecular weight excluding hydrogens is 397 g/mol. The van der Waals surface area contributed by atoms with Crippen LogP contribution in [0.4, 0.5) is 10.1 Å². The standard InChI is InChI=1S/C22H15ClFNO4/c1-12-7-10-17(29-12)19-18(20(26)13-5-3-2-4-6-13)21(27)22(28)25(19)14-8-9-16(24)15(23)11-14/h2-11,19,26H,1H3/b20-18-. The molecule has 2 aromatic carbocycles. The molecule has 1 unspecified atom stereocenters. The molecule has 0 saturated carbocycles. The Kier molecular flexibility index (Phi) is 4.72. The van der Waals surface area contributed by atoms with Crippen LogP contribution in [0.15, 0.2) is 70.7 Å². The highest BCUT2D eigenvalue weighted by molar-refractivity contribution is 6.51. The molecule has 1 aromatic heterocycles. The van der Waals surface area contributed by atoms with Gasteiger partial charge in [0.15, 0.2) is 0 Å². The zero-order valence-corrected chi connectivity index (χ0v) is 16.0. The summed E-state index contributed by atoms with van der Waals surface area (Å²) in [6, 6.07) is 14.4. The van der Waals surface area contributed by atoms with Crippen LogP contribution in [0.2, 0.25) is 5.02 Å². The molecule has 4 rings (SSSR count). The van der Waals surface area contributed by atoms with Gasteiger partial charge in [-0.25, -0.2) is 4.39 Å². The number of benzene rings is 2. The number of ketones is 1. The Labute approximate surface area is 170 Å². The number of carbonyl (C=O) groups excluding carboxylic acids is 2. The molecule has 1 amide bonds. The van der Waals surface area contributed by atoms with Gasteiger partial charge in [0.2, 0.25) is 0 Å². The van der Waals surface area contributed by atoms with E-state index in [1.165, 1.54) is 12.1 Å².